The molecule has 1 N–H and O–H groups in total. The molecule has 0 atom stereocenters. The first-order valence-electron chi connectivity index (χ1n) is 7.22. The molecule has 19 heavy (non-hydrogen) atoms. The van der Waals surface area contributed by atoms with Crippen molar-refractivity contribution in [2.75, 3.05) is 0 Å². The molecule has 100 valence electrons. The fourth-order valence-corrected chi connectivity index (χ4v) is 4.47. The smallest absolute Gasteiger partial charge is 0.0636 e. The van der Waals surface area contributed by atoms with Crippen LogP contribution in [0.3, 0.4) is 0 Å². The molecule has 0 spiro atoms. The van der Waals surface area contributed by atoms with Crippen molar-refractivity contribution in [2.24, 2.45) is 11.8 Å². The molecule has 2 aliphatic carbocycles. The molecule has 2 fully saturated rings. The van der Waals surface area contributed by atoms with Crippen molar-refractivity contribution in [3.8, 4) is 0 Å². The zero-order valence-corrected chi connectivity index (χ0v) is 12.4. The van der Waals surface area contributed by atoms with Gasteiger partial charge in [0, 0.05) is 27.5 Å². The molecule has 0 unspecified atom stereocenters. The molecule has 2 saturated carbocycles. The quantitative estimate of drug-likeness (QED) is 0.832. The SMILES string of the molecule is Clc1c(CNC(C2CC2)C2CC2)sc2ccccc12. The summed E-state index contributed by atoms with van der Waals surface area (Å²) >= 11 is 8.34. The lowest BCUT2D eigenvalue weighted by Crippen LogP contribution is -2.32. The zero-order chi connectivity index (χ0) is 12.8. The summed E-state index contributed by atoms with van der Waals surface area (Å²) in [6.45, 7) is 0.940. The van der Waals surface area contributed by atoms with Gasteiger partial charge in [-0.25, -0.2) is 0 Å². The van der Waals surface area contributed by atoms with Crippen molar-refractivity contribution < 1.29 is 0 Å². The Kier molecular flexibility index (Phi) is 3.06. The molecule has 1 aromatic heterocycles. The van der Waals surface area contributed by atoms with Crippen molar-refractivity contribution in [3.05, 3.63) is 34.2 Å². The predicted octanol–water partition coefficient (Wildman–Crippen LogP) is 4.83. The van der Waals surface area contributed by atoms with Crippen LogP contribution in [0.15, 0.2) is 24.3 Å². The predicted molar refractivity (Wildman–Crippen MR) is 82.9 cm³/mol. The second kappa shape index (κ2) is 4.76. The van der Waals surface area contributed by atoms with Crippen molar-refractivity contribution in [2.45, 2.75) is 38.3 Å². The summed E-state index contributed by atoms with van der Waals surface area (Å²) in [5, 5.41) is 5.95. The van der Waals surface area contributed by atoms with E-state index in [1.54, 1.807) is 0 Å². The highest BCUT2D eigenvalue weighted by molar-refractivity contribution is 7.19. The molecule has 4 rings (SSSR count). The Labute approximate surface area is 123 Å². The average Bonchev–Trinajstić information content (AvgIpc) is 3.32. The summed E-state index contributed by atoms with van der Waals surface area (Å²) in [4.78, 5) is 1.30. The summed E-state index contributed by atoms with van der Waals surface area (Å²) in [6, 6.07) is 9.19. The van der Waals surface area contributed by atoms with Gasteiger partial charge in [-0.1, -0.05) is 29.8 Å². The number of fused-ring (bicyclic) bond motifs is 1. The Bertz CT molecular complexity index is 586. The molecular weight excluding hydrogens is 274 g/mol. The second-order valence-electron chi connectivity index (χ2n) is 5.92. The van der Waals surface area contributed by atoms with Gasteiger partial charge in [0.15, 0.2) is 0 Å². The highest BCUT2D eigenvalue weighted by Gasteiger charge is 2.41. The van der Waals surface area contributed by atoms with Crippen LogP contribution in [0.1, 0.15) is 30.6 Å². The minimum absolute atomic E-state index is 0.751. The Balaban J connectivity index is 1.52. The molecule has 2 aromatic rings. The van der Waals surface area contributed by atoms with Gasteiger partial charge in [0.05, 0.1) is 5.02 Å². The van der Waals surface area contributed by atoms with E-state index in [1.807, 2.05) is 11.3 Å². The van der Waals surface area contributed by atoms with Gasteiger partial charge in [-0.15, -0.1) is 11.3 Å². The molecule has 0 radical (unpaired) electrons. The number of rotatable bonds is 5. The van der Waals surface area contributed by atoms with Crippen LogP contribution in [0.25, 0.3) is 10.1 Å². The average molecular weight is 292 g/mol. The molecule has 1 heterocycles. The highest BCUT2D eigenvalue weighted by Crippen LogP contribution is 2.45. The van der Waals surface area contributed by atoms with E-state index in [2.05, 4.69) is 29.6 Å². The van der Waals surface area contributed by atoms with Crippen molar-refractivity contribution >= 4 is 33.0 Å². The normalized spacial score (nSPS) is 19.5. The van der Waals surface area contributed by atoms with Crippen molar-refractivity contribution in [1.82, 2.24) is 5.32 Å². The summed E-state index contributed by atoms with van der Waals surface area (Å²) in [5.74, 6) is 1.89. The Morgan fingerprint density at radius 3 is 2.47 bits per heavy atom. The van der Waals surface area contributed by atoms with E-state index in [0.29, 0.717) is 0 Å². The second-order valence-corrected chi connectivity index (χ2v) is 7.43. The highest BCUT2D eigenvalue weighted by atomic mass is 35.5. The largest absolute Gasteiger partial charge is 0.308 e. The van der Waals surface area contributed by atoms with E-state index in [9.17, 15) is 0 Å². The van der Waals surface area contributed by atoms with Gasteiger partial charge >= 0.3 is 0 Å². The first-order chi connectivity index (χ1) is 9.33. The van der Waals surface area contributed by atoms with Crippen LogP contribution >= 0.6 is 22.9 Å². The molecule has 0 bridgehead atoms. The maximum atomic E-state index is 6.50. The Morgan fingerprint density at radius 2 is 1.84 bits per heavy atom. The van der Waals surface area contributed by atoms with Gasteiger partial charge in [0.1, 0.15) is 0 Å². The fraction of sp³-hybridized carbons (Fsp3) is 0.500. The van der Waals surface area contributed by atoms with Gasteiger partial charge in [0.25, 0.3) is 0 Å². The number of benzene rings is 1. The van der Waals surface area contributed by atoms with Crippen LogP contribution in [0.5, 0.6) is 0 Å². The third-order valence-corrected chi connectivity index (χ3v) is 6.07. The molecule has 1 aromatic carbocycles. The van der Waals surface area contributed by atoms with Gasteiger partial charge in [0.2, 0.25) is 0 Å². The monoisotopic (exact) mass is 291 g/mol. The van der Waals surface area contributed by atoms with Crippen LogP contribution in [-0.4, -0.2) is 6.04 Å². The molecular formula is C16H18ClNS. The number of thiophene rings is 1. The lowest BCUT2D eigenvalue weighted by molar-refractivity contribution is 0.417. The molecule has 0 saturated heterocycles. The Hall–Kier alpha value is -0.570. The van der Waals surface area contributed by atoms with E-state index < -0.39 is 0 Å². The summed E-state index contributed by atoms with van der Waals surface area (Å²) in [6.07, 6.45) is 5.70. The fourth-order valence-electron chi connectivity index (χ4n) is 3.02. The number of hydrogen-bond acceptors (Lipinski definition) is 2. The van der Waals surface area contributed by atoms with Gasteiger partial charge in [-0.2, -0.15) is 0 Å². The van der Waals surface area contributed by atoms with E-state index in [1.165, 1.54) is 40.6 Å². The minimum atomic E-state index is 0.751. The van der Waals surface area contributed by atoms with Crippen molar-refractivity contribution in [1.29, 1.82) is 0 Å². The summed E-state index contributed by atoms with van der Waals surface area (Å²) in [5.41, 5.74) is 0. The standard InChI is InChI=1S/C16H18ClNS/c17-15-12-3-1-2-4-13(12)19-14(15)9-18-16(10-5-6-10)11-7-8-11/h1-4,10-11,16,18H,5-9H2. The lowest BCUT2D eigenvalue weighted by Gasteiger charge is -2.17. The number of halogens is 1. The van der Waals surface area contributed by atoms with Crippen molar-refractivity contribution in [3.63, 3.8) is 0 Å². The number of nitrogens with one attached hydrogen (secondary N) is 1. The molecule has 2 aliphatic rings. The first kappa shape index (κ1) is 12.2. The summed E-state index contributed by atoms with van der Waals surface area (Å²) in [7, 11) is 0. The molecule has 1 nitrogen and oxygen atoms in total. The third-order valence-electron chi connectivity index (χ3n) is 4.36. The lowest BCUT2D eigenvalue weighted by atomic mass is 10.1. The molecule has 0 aliphatic heterocycles. The van der Waals surface area contributed by atoms with Crippen LogP contribution in [0.2, 0.25) is 5.02 Å². The zero-order valence-electron chi connectivity index (χ0n) is 10.9. The summed E-state index contributed by atoms with van der Waals surface area (Å²) < 4.78 is 1.30. The molecule has 3 heteroatoms. The minimum Gasteiger partial charge on any atom is -0.308 e. The maximum absolute atomic E-state index is 6.50. The molecule has 0 amide bonds. The van der Waals surface area contributed by atoms with Gasteiger partial charge in [-0.05, 0) is 43.6 Å². The van der Waals surface area contributed by atoms with E-state index in [4.69, 9.17) is 11.6 Å². The van der Waals surface area contributed by atoms with Crippen LogP contribution in [0, 0.1) is 11.8 Å². The van der Waals surface area contributed by atoms with Gasteiger partial charge < -0.3 is 5.32 Å². The van der Waals surface area contributed by atoms with Crippen LogP contribution < -0.4 is 5.32 Å². The van der Waals surface area contributed by atoms with E-state index >= 15 is 0 Å². The topological polar surface area (TPSA) is 12.0 Å². The van der Waals surface area contributed by atoms with Gasteiger partial charge in [-0.3, -0.25) is 0 Å². The van der Waals surface area contributed by atoms with E-state index in [-0.39, 0.29) is 0 Å². The number of hydrogen-bond donors (Lipinski definition) is 1. The van der Waals surface area contributed by atoms with Crippen LogP contribution in [0.4, 0.5) is 0 Å². The van der Waals surface area contributed by atoms with E-state index in [0.717, 1.165) is 29.4 Å². The Morgan fingerprint density at radius 1 is 1.16 bits per heavy atom. The third kappa shape index (κ3) is 2.42. The first-order valence-corrected chi connectivity index (χ1v) is 8.41. The van der Waals surface area contributed by atoms with Crippen LogP contribution in [-0.2, 0) is 6.54 Å². The maximum Gasteiger partial charge on any atom is 0.0636 e.